The topological polar surface area (TPSA) is 24.4 Å². The first-order valence-corrected chi connectivity index (χ1v) is 6.92. The van der Waals surface area contributed by atoms with Crippen LogP contribution in [0.5, 0.6) is 0 Å². The van der Waals surface area contributed by atoms with Gasteiger partial charge in [-0.3, -0.25) is 4.99 Å². The van der Waals surface area contributed by atoms with E-state index in [1.54, 1.807) is 30.8 Å². The Morgan fingerprint density at radius 2 is 2.35 bits per heavy atom. The molecule has 1 heterocycles. The van der Waals surface area contributed by atoms with Gasteiger partial charge >= 0.3 is 0 Å². The predicted molar refractivity (Wildman–Crippen MR) is 73.3 cm³/mol. The van der Waals surface area contributed by atoms with Crippen LogP contribution >= 0.6 is 11.8 Å². The van der Waals surface area contributed by atoms with E-state index in [4.69, 9.17) is 0 Å². The Morgan fingerprint density at radius 1 is 1.53 bits per heavy atom. The average molecular weight is 252 g/mol. The molecule has 0 radical (unpaired) electrons. The molecular weight excluding hydrogens is 235 g/mol. The zero-order valence-electron chi connectivity index (χ0n) is 10.2. The van der Waals surface area contributed by atoms with Gasteiger partial charge in [-0.1, -0.05) is 30.8 Å². The highest BCUT2D eigenvalue weighted by Crippen LogP contribution is 2.23. The summed E-state index contributed by atoms with van der Waals surface area (Å²) in [5.41, 5.74) is 1.18. The number of thioether (sulfide) groups is 1. The van der Waals surface area contributed by atoms with E-state index in [1.165, 1.54) is 0 Å². The second-order valence-corrected chi connectivity index (χ2v) is 5.28. The molecule has 1 aromatic carbocycles. The van der Waals surface area contributed by atoms with Crippen LogP contribution in [0, 0.1) is 12.7 Å². The molecule has 0 aliphatic carbocycles. The van der Waals surface area contributed by atoms with Gasteiger partial charge in [0.15, 0.2) is 5.17 Å². The van der Waals surface area contributed by atoms with Crippen LogP contribution in [0.2, 0.25) is 0 Å². The predicted octanol–water partition coefficient (Wildman–Crippen LogP) is 3.82. The Kier molecular flexibility index (Phi) is 4.05. The Balaban J connectivity index is 2.15. The van der Waals surface area contributed by atoms with E-state index >= 15 is 0 Å². The summed E-state index contributed by atoms with van der Waals surface area (Å²) in [4.78, 5) is 4.57. The van der Waals surface area contributed by atoms with E-state index in [9.17, 15) is 4.39 Å². The summed E-state index contributed by atoms with van der Waals surface area (Å²) in [6, 6.07) is 5.75. The summed E-state index contributed by atoms with van der Waals surface area (Å²) in [6.45, 7) is 3.90. The lowest BCUT2D eigenvalue weighted by atomic mass is 10.2. The summed E-state index contributed by atoms with van der Waals surface area (Å²) in [7, 11) is 0. The molecule has 1 N–H and O–H groups in total. The normalized spacial score (nSPS) is 19.9. The number of nitrogens with one attached hydrogen (secondary N) is 1. The molecule has 2 rings (SSSR count). The number of aliphatic imine (C=N–C) groups is 1. The quantitative estimate of drug-likeness (QED) is 0.865. The van der Waals surface area contributed by atoms with E-state index in [1.807, 2.05) is 6.07 Å². The molecule has 0 saturated carbocycles. The molecule has 17 heavy (non-hydrogen) atoms. The van der Waals surface area contributed by atoms with E-state index in [2.05, 4.69) is 17.2 Å². The summed E-state index contributed by atoms with van der Waals surface area (Å²) >= 11 is 1.66. The van der Waals surface area contributed by atoms with Crippen LogP contribution in [-0.4, -0.2) is 17.0 Å². The number of nitrogens with zero attached hydrogens (tertiary/aromatic N) is 1. The Bertz CT molecular complexity index is 431. The standard InChI is InChI=1S/C13H17FN2S/c1-3-10-7-8-17-13(15-10)16-11-6-4-5-9(2)12(11)14/h4-6,10H,3,7-8H2,1-2H3,(H,15,16). The van der Waals surface area contributed by atoms with E-state index in [0.29, 0.717) is 17.3 Å². The maximum Gasteiger partial charge on any atom is 0.161 e. The molecule has 1 unspecified atom stereocenters. The Morgan fingerprint density at radius 3 is 3.12 bits per heavy atom. The third-order valence-electron chi connectivity index (χ3n) is 2.89. The molecule has 1 aliphatic heterocycles. The highest BCUT2D eigenvalue weighted by molar-refractivity contribution is 8.14. The van der Waals surface area contributed by atoms with E-state index in [0.717, 1.165) is 23.8 Å². The van der Waals surface area contributed by atoms with Crippen LogP contribution in [0.3, 0.4) is 0 Å². The van der Waals surface area contributed by atoms with Crippen molar-refractivity contribution in [3.63, 3.8) is 0 Å². The van der Waals surface area contributed by atoms with Crippen molar-refractivity contribution < 1.29 is 4.39 Å². The molecule has 0 bridgehead atoms. The number of hydrogen-bond acceptors (Lipinski definition) is 3. The minimum absolute atomic E-state index is 0.186. The molecule has 1 atom stereocenters. The van der Waals surface area contributed by atoms with Crippen molar-refractivity contribution in [2.45, 2.75) is 32.7 Å². The SMILES string of the molecule is CCC1CCSC(Nc2cccc(C)c2F)=N1. The lowest BCUT2D eigenvalue weighted by Crippen LogP contribution is -2.20. The maximum absolute atomic E-state index is 13.8. The van der Waals surface area contributed by atoms with Crippen LogP contribution in [0.25, 0.3) is 0 Å². The molecule has 1 aliphatic rings. The van der Waals surface area contributed by atoms with Gasteiger partial charge in [0.25, 0.3) is 0 Å². The summed E-state index contributed by atoms with van der Waals surface area (Å²) in [5, 5.41) is 3.93. The van der Waals surface area contributed by atoms with Gasteiger partial charge in [0.1, 0.15) is 5.82 Å². The third kappa shape index (κ3) is 3.00. The average Bonchev–Trinajstić information content (AvgIpc) is 2.35. The van der Waals surface area contributed by atoms with Gasteiger partial charge in [-0.05, 0) is 31.4 Å². The lowest BCUT2D eigenvalue weighted by molar-refractivity contribution is 0.621. The molecule has 1 aromatic rings. The van der Waals surface area contributed by atoms with Crippen molar-refractivity contribution in [2.24, 2.45) is 4.99 Å². The Labute approximate surface area is 106 Å². The minimum Gasteiger partial charge on any atom is -0.333 e. The fraction of sp³-hybridized carbons (Fsp3) is 0.462. The number of aryl methyl sites for hydroxylation is 1. The van der Waals surface area contributed by atoms with Gasteiger partial charge in [-0.25, -0.2) is 4.39 Å². The first-order valence-electron chi connectivity index (χ1n) is 5.93. The number of hydrogen-bond donors (Lipinski definition) is 1. The first-order chi connectivity index (χ1) is 8.20. The largest absolute Gasteiger partial charge is 0.333 e. The molecule has 0 spiro atoms. The van der Waals surface area contributed by atoms with Gasteiger partial charge in [0.2, 0.25) is 0 Å². The smallest absolute Gasteiger partial charge is 0.161 e. The number of amidine groups is 1. The number of halogens is 1. The van der Waals surface area contributed by atoms with Crippen LogP contribution in [0.4, 0.5) is 10.1 Å². The van der Waals surface area contributed by atoms with Crippen molar-refractivity contribution >= 4 is 22.6 Å². The highest BCUT2D eigenvalue weighted by atomic mass is 32.2. The first kappa shape index (κ1) is 12.4. The van der Waals surface area contributed by atoms with Gasteiger partial charge in [-0.15, -0.1) is 0 Å². The van der Waals surface area contributed by atoms with Crippen LogP contribution in [-0.2, 0) is 0 Å². The van der Waals surface area contributed by atoms with Crippen molar-refractivity contribution in [3.05, 3.63) is 29.6 Å². The second-order valence-electron chi connectivity index (χ2n) is 4.19. The van der Waals surface area contributed by atoms with Crippen LogP contribution < -0.4 is 5.32 Å². The zero-order valence-corrected chi connectivity index (χ0v) is 11.0. The molecular formula is C13H17FN2S. The number of benzene rings is 1. The lowest BCUT2D eigenvalue weighted by Gasteiger charge is -2.20. The molecule has 92 valence electrons. The van der Waals surface area contributed by atoms with Crippen molar-refractivity contribution in [3.8, 4) is 0 Å². The van der Waals surface area contributed by atoms with Crippen molar-refractivity contribution in [1.82, 2.24) is 0 Å². The van der Waals surface area contributed by atoms with Gasteiger partial charge in [0.05, 0.1) is 11.7 Å². The molecule has 0 aromatic heterocycles. The van der Waals surface area contributed by atoms with Crippen LogP contribution in [0.1, 0.15) is 25.3 Å². The summed E-state index contributed by atoms with van der Waals surface area (Å²) < 4.78 is 13.8. The van der Waals surface area contributed by atoms with E-state index < -0.39 is 0 Å². The van der Waals surface area contributed by atoms with Crippen molar-refractivity contribution in [2.75, 3.05) is 11.1 Å². The van der Waals surface area contributed by atoms with Gasteiger partial charge in [0, 0.05) is 5.75 Å². The Hall–Kier alpha value is -1.03. The van der Waals surface area contributed by atoms with Gasteiger partial charge in [-0.2, -0.15) is 0 Å². The zero-order chi connectivity index (χ0) is 12.3. The molecule has 2 nitrogen and oxygen atoms in total. The van der Waals surface area contributed by atoms with Gasteiger partial charge < -0.3 is 5.32 Å². The van der Waals surface area contributed by atoms with Crippen LogP contribution in [0.15, 0.2) is 23.2 Å². The fourth-order valence-electron chi connectivity index (χ4n) is 1.78. The maximum atomic E-state index is 13.8. The molecule has 0 amide bonds. The fourth-order valence-corrected chi connectivity index (χ4v) is 2.77. The summed E-state index contributed by atoms with van der Waals surface area (Å²) in [6.07, 6.45) is 2.16. The summed E-state index contributed by atoms with van der Waals surface area (Å²) in [5.74, 6) is 0.868. The third-order valence-corrected chi connectivity index (χ3v) is 3.82. The number of rotatable bonds is 2. The minimum atomic E-state index is -0.186. The second kappa shape index (κ2) is 5.54. The molecule has 4 heteroatoms. The molecule has 0 saturated heterocycles. The van der Waals surface area contributed by atoms with Crippen molar-refractivity contribution in [1.29, 1.82) is 0 Å². The number of anilines is 1. The van der Waals surface area contributed by atoms with E-state index in [-0.39, 0.29) is 5.82 Å². The monoisotopic (exact) mass is 252 g/mol. The molecule has 0 fully saturated rings. The highest BCUT2D eigenvalue weighted by Gasteiger charge is 2.15.